The van der Waals surface area contributed by atoms with Crippen molar-refractivity contribution in [3.8, 4) is 66.8 Å². The van der Waals surface area contributed by atoms with Crippen molar-refractivity contribution < 1.29 is 0 Å². The van der Waals surface area contributed by atoms with Gasteiger partial charge in [-0.15, -0.1) is 0 Å². The lowest BCUT2D eigenvalue weighted by Gasteiger charge is -2.34. The molecule has 75 heavy (non-hydrogen) atoms. The minimum Gasteiger partial charge on any atom is -0.0622 e. The standard InChI is InChI=1S/C75H48/c1-5-21-53(22-6-1)73(54-23-7-2-8-24-54)65-33-17-13-31-59(65)61-41-37-49(45-69(61)73)51-39-43-63-64-44-40-52(48-72(64)75(71(63)47-51)67-35-19-15-29-57(67)58-30-16-20-36-68(58)75)50-38-42-62-60-32-14-18-34-66(60)74(70(62)46-50,55-25-9-3-10-26-55)56-27-11-4-12-28-56/h1-48H. The van der Waals surface area contributed by atoms with Crippen LogP contribution in [0.4, 0.5) is 0 Å². The Morgan fingerprint density at radius 1 is 0.147 bits per heavy atom. The van der Waals surface area contributed by atoms with E-state index in [0.717, 1.165) is 0 Å². The van der Waals surface area contributed by atoms with Gasteiger partial charge in [-0.2, -0.15) is 0 Å². The summed E-state index contributed by atoms with van der Waals surface area (Å²) in [6.07, 6.45) is 0. The molecule has 0 aliphatic heterocycles. The molecule has 0 nitrogen and oxygen atoms in total. The number of hydrogen-bond acceptors (Lipinski definition) is 0. The second-order valence-corrected chi connectivity index (χ2v) is 20.9. The van der Waals surface area contributed by atoms with Gasteiger partial charge in [0.1, 0.15) is 0 Å². The van der Waals surface area contributed by atoms with Gasteiger partial charge in [-0.25, -0.2) is 0 Å². The van der Waals surface area contributed by atoms with E-state index in [0.29, 0.717) is 0 Å². The van der Waals surface area contributed by atoms with Gasteiger partial charge in [-0.1, -0.05) is 267 Å². The summed E-state index contributed by atoms with van der Waals surface area (Å²) in [4.78, 5) is 0. The molecule has 1 spiro atoms. The lowest BCUT2D eigenvalue weighted by Crippen LogP contribution is -2.28. The molecule has 0 heterocycles. The largest absolute Gasteiger partial charge is 0.0725 e. The third-order valence-electron chi connectivity index (χ3n) is 17.7. The Morgan fingerprint density at radius 2 is 0.347 bits per heavy atom. The van der Waals surface area contributed by atoms with E-state index in [2.05, 4.69) is 291 Å². The molecule has 12 aromatic carbocycles. The van der Waals surface area contributed by atoms with Crippen molar-refractivity contribution in [2.24, 2.45) is 0 Å². The summed E-state index contributed by atoms with van der Waals surface area (Å²) in [7, 11) is 0. The Hall–Kier alpha value is -9.36. The van der Waals surface area contributed by atoms with E-state index in [1.807, 2.05) is 0 Å². The Morgan fingerprint density at radius 3 is 0.613 bits per heavy atom. The van der Waals surface area contributed by atoms with E-state index < -0.39 is 16.2 Å². The van der Waals surface area contributed by atoms with Crippen LogP contribution in [0, 0.1) is 0 Å². The van der Waals surface area contributed by atoms with Gasteiger partial charge in [0.2, 0.25) is 0 Å². The lowest BCUT2D eigenvalue weighted by atomic mass is 9.67. The van der Waals surface area contributed by atoms with Crippen LogP contribution in [0.3, 0.4) is 0 Å². The van der Waals surface area contributed by atoms with Crippen LogP contribution < -0.4 is 0 Å². The van der Waals surface area contributed by atoms with Crippen molar-refractivity contribution in [2.75, 3.05) is 0 Å². The molecule has 0 amide bonds. The second-order valence-electron chi connectivity index (χ2n) is 20.9. The van der Waals surface area contributed by atoms with E-state index in [1.165, 1.54) is 134 Å². The van der Waals surface area contributed by atoms with Gasteiger partial charge < -0.3 is 0 Å². The van der Waals surface area contributed by atoms with Crippen LogP contribution in [0.2, 0.25) is 0 Å². The smallest absolute Gasteiger partial charge is 0.0622 e. The molecule has 0 saturated heterocycles. The molecule has 0 radical (unpaired) electrons. The van der Waals surface area contributed by atoms with E-state index in [9.17, 15) is 0 Å². The molecule has 0 N–H and O–H groups in total. The van der Waals surface area contributed by atoms with Crippen molar-refractivity contribution in [1.82, 2.24) is 0 Å². The maximum Gasteiger partial charge on any atom is 0.0725 e. The Balaban J connectivity index is 0.910. The summed E-state index contributed by atoms with van der Waals surface area (Å²) < 4.78 is 0. The highest BCUT2D eigenvalue weighted by Gasteiger charge is 2.53. The van der Waals surface area contributed by atoms with Crippen LogP contribution in [0.15, 0.2) is 291 Å². The van der Waals surface area contributed by atoms with E-state index in [1.54, 1.807) is 0 Å². The molecule has 348 valence electrons. The van der Waals surface area contributed by atoms with E-state index >= 15 is 0 Å². The molecule has 0 unspecified atom stereocenters. The predicted octanol–water partition coefficient (Wildman–Crippen LogP) is 18.1. The van der Waals surface area contributed by atoms with E-state index in [4.69, 9.17) is 0 Å². The first kappa shape index (κ1) is 42.2. The van der Waals surface area contributed by atoms with Crippen LogP contribution >= 0.6 is 0 Å². The molecule has 12 aromatic rings. The highest BCUT2D eigenvalue weighted by molar-refractivity contribution is 5.98. The van der Waals surface area contributed by atoms with Gasteiger partial charge >= 0.3 is 0 Å². The van der Waals surface area contributed by atoms with Crippen LogP contribution in [-0.4, -0.2) is 0 Å². The molecule has 0 fully saturated rings. The van der Waals surface area contributed by atoms with Gasteiger partial charge in [0, 0.05) is 0 Å². The Bertz CT molecular complexity index is 3920. The summed E-state index contributed by atoms with van der Waals surface area (Å²) in [6.45, 7) is 0. The number of hydrogen-bond donors (Lipinski definition) is 0. The van der Waals surface area contributed by atoms with Gasteiger partial charge in [0.15, 0.2) is 0 Å². The molecular weight excluding hydrogens is 901 g/mol. The summed E-state index contributed by atoms with van der Waals surface area (Å²) in [5.41, 5.74) is 29.5. The summed E-state index contributed by atoms with van der Waals surface area (Å²) in [5, 5.41) is 0. The summed E-state index contributed by atoms with van der Waals surface area (Å²) >= 11 is 0. The molecule has 0 atom stereocenters. The Kier molecular flexibility index (Phi) is 8.90. The van der Waals surface area contributed by atoms with Crippen molar-refractivity contribution in [2.45, 2.75) is 16.2 Å². The van der Waals surface area contributed by atoms with Crippen molar-refractivity contribution in [3.63, 3.8) is 0 Å². The van der Waals surface area contributed by atoms with Crippen LogP contribution in [0.25, 0.3) is 66.8 Å². The van der Waals surface area contributed by atoms with Gasteiger partial charge in [-0.05, 0) is 158 Å². The quantitative estimate of drug-likeness (QED) is 0.156. The topological polar surface area (TPSA) is 0 Å². The van der Waals surface area contributed by atoms with Crippen molar-refractivity contribution in [3.05, 3.63) is 358 Å². The first-order valence-electron chi connectivity index (χ1n) is 26.4. The minimum absolute atomic E-state index is 0.486. The van der Waals surface area contributed by atoms with Crippen LogP contribution in [0.1, 0.15) is 66.8 Å². The fraction of sp³-hybridized carbons (Fsp3) is 0.0400. The van der Waals surface area contributed by atoms with Crippen LogP contribution in [-0.2, 0) is 16.2 Å². The molecule has 0 saturated carbocycles. The molecule has 4 aliphatic carbocycles. The fourth-order valence-corrected chi connectivity index (χ4v) is 14.7. The normalized spacial score (nSPS) is 14.7. The minimum atomic E-state index is -0.542. The molecular formula is C75H48. The third kappa shape index (κ3) is 5.51. The monoisotopic (exact) mass is 948 g/mol. The zero-order valence-corrected chi connectivity index (χ0v) is 41.2. The average molecular weight is 949 g/mol. The SMILES string of the molecule is c1ccc(C2(c3ccccc3)c3ccccc3-c3ccc(-c4ccc5c(c4)C4(c6ccccc6-c6ccccc64)c4cc(-c6ccc7c(c6)C(c6ccccc6)(c6ccccc6)c6ccccc6-7)ccc4-5)cc32)cc1. The summed E-state index contributed by atoms with van der Waals surface area (Å²) in [6, 6.07) is 110. The molecule has 0 bridgehead atoms. The van der Waals surface area contributed by atoms with Crippen molar-refractivity contribution in [1.29, 1.82) is 0 Å². The first-order chi connectivity index (χ1) is 37.2. The van der Waals surface area contributed by atoms with Crippen LogP contribution in [0.5, 0.6) is 0 Å². The molecule has 0 heteroatoms. The number of benzene rings is 12. The lowest BCUT2D eigenvalue weighted by molar-refractivity contribution is 0.768. The zero-order chi connectivity index (χ0) is 49.3. The highest BCUT2D eigenvalue weighted by atomic mass is 14.5. The van der Waals surface area contributed by atoms with Crippen molar-refractivity contribution >= 4 is 0 Å². The second kappa shape index (κ2) is 15.8. The molecule has 16 rings (SSSR count). The third-order valence-corrected chi connectivity index (χ3v) is 17.7. The Labute approximate surface area is 438 Å². The number of fused-ring (bicyclic) bond motifs is 16. The average Bonchev–Trinajstić information content (AvgIpc) is 4.21. The van der Waals surface area contributed by atoms with Gasteiger partial charge in [0.25, 0.3) is 0 Å². The first-order valence-corrected chi connectivity index (χ1v) is 26.4. The predicted molar refractivity (Wildman–Crippen MR) is 308 cm³/mol. The van der Waals surface area contributed by atoms with Gasteiger partial charge in [-0.3, -0.25) is 0 Å². The maximum atomic E-state index is 2.55. The fourth-order valence-electron chi connectivity index (χ4n) is 14.7. The van der Waals surface area contributed by atoms with Gasteiger partial charge in [0.05, 0.1) is 16.2 Å². The molecule has 0 aromatic heterocycles. The number of rotatable bonds is 6. The summed E-state index contributed by atoms with van der Waals surface area (Å²) in [5.74, 6) is 0. The zero-order valence-electron chi connectivity index (χ0n) is 41.2. The highest BCUT2D eigenvalue weighted by Crippen LogP contribution is 2.65. The maximum absolute atomic E-state index is 2.55. The molecule has 4 aliphatic rings. The van der Waals surface area contributed by atoms with E-state index in [-0.39, 0.29) is 0 Å².